The van der Waals surface area contributed by atoms with Crippen LogP contribution in [-0.2, 0) is 10.3 Å². The van der Waals surface area contributed by atoms with Crippen LogP contribution in [0.25, 0.3) is 22.2 Å². The third-order valence-electron chi connectivity index (χ3n) is 5.73. The summed E-state index contributed by atoms with van der Waals surface area (Å²) in [6.07, 6.45) is 7.91. The van der Waals surface area contributed by atoms with E-state index in [2.05, 4.69) is 33.9 Å². The number of nitrogens with one attached hydrogen (secondary N) is 1. The summed E-state index contributed by atoms with van der Waals surface area (Å²) in [6.45, 7) is 8.24. The largest absolute Gasteiger partial charge is 0.385 e. The van der Waals surface area contributed by atoms with Crippen LogP contribution in [0.3, 0.4) is 0 Å². The van der Waals surface area contributed by atoms with E-state index in [1.807, 2.05) is 19.1 Å². The molecule has 3 aromatic heterocycles. The second-order valence-electron chi connectivity index (χ2n) is 8.04. The number of rotatable bonds is 6. The summed E-state index contributed by atoms with van der Waals surface area (Å²) in [5.41, 5.74) is 2.43. The number of aliphatic hydroxyl groups is 1. The van der Waals surface area contributed by atoms with Crippen LogP contribution in [0.4, 0.5) is 5.82 Å². The van der Waals surface area contributed by atoms with Crippen molar-refractivity contribution in [1.29, 1.82) is 0 Å². The molecule has 2 N–H and O–H groups in total. The number of ether oxygens (including phenoxy) is 1. The average molecular weight is 396 g/mol. The number of aromatic nitrogens is 4. The van der Waals surface area contributed by atoms with Crippen molar-refractivity contribution in [1.82, 2.24) is 20.2 Å². The first-order chi connectivity index (χ1) is 14.0. The number of aromatic amines is 1. The summed E-state index contributed by atoms with van der Waals surface area (Å²) in [5.74, 6) is 0.845. The molecule has 4 rings (SSSR count). The van der Waals surface area contributed by atoms with Crippen molar-refractivity contribution in [2.45, 2.75) is 51.7 Å². The van der Waals surface area contributed by atoms with Crippen LogP contribution in [-0.4, -0.2) is 51.1 Å². The molecule has 1 unspecified atom stereocenters. The molecule has 154 valence electrons. The van der Waals surface area contributed by atoms with E-state index in [1.54, 1.807) is 18.6 Å². The van der Waals surface area contributed by atoms with Gasteiger partial charge in [-0.25, -0.2) is 4.98 Å². The molecule has 0 radical (unpaired) electrons. The minimum Gasteiger partial charge on any atom is -0.385 e. The number of pyridine rings is 2. The summed E-state index contributed by atoms with van der Waals surface area (Å²) in [6, 6.07) is 4.07. The second-order valence-corrected chi connectivity index (χ2v) is 8.04. The van der Waals surface area contributed by atoms with Gasteiger partial charge in [0, 0.05) is 35.5 Å². The smallest absolute Gasteiger partial charge is 0.139 e. The molecule has 0 aliphatic carbocycles. The maximum Gasteiger partial charge on any atom is 0.139 e. The Morgan fingerprint density at radius 3 is 2.93 bits per heavy atom. The van der Waals surface area contributed by atoms with Gasteiger partial charge < -0.3 is 14.7 Å². The average Bonchev–Trinajstić information content (AvgIpc) is 3.26. The molecular formula is C22H29N5O2. The predicted molar refractivity (Wildman–Crippen MR) is 114 cm³/mol. The van der Waals surface area contributed by atoms with Crippen LogP contribution in [0.1, 0.15) is 45.6 Å². The van der Waals surface area contributed by atoms with Gasteiger partial charge in [0.1, 0.15) is 5.82 Å². The zero-order valence-corrected chi connectivity index (χ0v) is 17.4. The van der Waals surface area contributed by atoms with E-state index in [4.69, 9.17) is 9.72 Å². The molecular weight excluding hydrogens is 366 g/mol. The topological polar surface area (TPSA) is 87.2 Å². The Hall–Kier alpha value is -2.51. The quantitative estimate of drug-likeness (QED) is 0.663. The van der Waals surface area contributed by atoms with Crippen molar-refractivity contribution in [3.05, 3.63) is 36.3 Å². The lowest BCUT2D eigenvalue weighted by atomic mass is 9.84. The Kier molecular flexibility index (Phi) is 5.52. The fraction of sp³-hybridized carbons (Fsp3) is 0.500. The van der Waals surface area contributed by atoms with E-state index in [0.717, 1.165) is 52.9 Å². The number of fused-ring (bicyclic) bond motifs is 1. The first-order valence-corrected chi connectivity index (χ1v) is 10.4. The predicted octanol–water partition coefficient (Wildman–Crippen LogP) is 3.64. The molecule has 1 fully saturated rings. The number of H-pyrrole nitrogens is 1. The molecule has 2 atom stereocenters. The van der Waals surface area contributed by atoms with Crippen molar-refractivity contribution < 1.29 is 9.84 Å². The second kappa shape index (κ2) is 8.08. The Morgan fingerprint density at radius 1 is 1.34 bits per heavy atom. The third-order valence-corrected chi connectivity index (χ3v) is 5.73. The highest BCUT2D eigenvalue weighted by atomic mass is 16.5. The molecule has 3 aromatic rings. The Bertz CT molecular complexity index is 971. The van der Waals surface area contributed by atoms with Gasteiger partial charge in [0.2, 0.25) is 0 Å². The van der Waals surface area contributed by atoms with E-state index in [0.29, 0.717) is 19.6 Å². The van der Waals surface area contributed by atoms with Crippen LogP contribution in [0, 0.1) is 0 Å². The standard InChI is InChI=1S/C22H29N5O2/c1-4-5-8-22(3,28)20-16-6-9-23-13-18(16)25-21(19(20)17-7-10-24-26-17)27-11-12-29-14-15(27)2/h6-7,9-10,13,15,28H,4-5,8,11-12,14H2,1-3H3,(H,24,26)/t15-,22?/m1/s1. The lowest BCUT2D eigenvalue weighted by Gasteiger charge is -2.37. The fourth-order valence-corrected chi connectivity index (χ4v) is 4.21. The fourth-order valence-electron chi connectivity index (χ4n) is 4.21. The van der Waals surface area contributed by atoms with Gasteiger partial charge >= 0.3 is 0 Å². The van der Waals surface area contributed by atoms with Crippen molar-refractivity contribution in [3.8, 4) is 11.3 Å². The SMILES string of the molecule is CCCCC(C)(O)c1c(-c2ccn[nH]2)c(N2CCOC[C@H]2C)nc2cnccc12. The summed E-state index contributed by atoms with van der Waals surface area (Å²) >= 11 is 0. The third kappa shape index (κ3) is 3.72. The van der Waals surface area contributed by atoms with Crippen molar-refractivity contribution >= 4 is 16.7 Å². The van der Waals surface area contributed by atoms with E-state index < -0.39 is 5.60 Å². The van der Waals surface area contributed by atoms with Gasteiger partial charge in [-0.2, -0.15) is 5.10 Å². The zero-order chi connectivity index (χ0) is 20.4. The normalized spacial score (nSPS) is 19.4. The van der Waals surface area contributed by atoms with E-state index in [1.165, 1.54) is 0 Å². The molecule has 1 aliphatic heterocycles. The summed E-state index contributed by atoms with van der Waals surface area (Å²) in [7, 11) is 0. The van der Waals surface area contributed by atoms with Gasteiger partial charge in [0.05, 0.1) is 42.3 Å². The highest BCUT2D eigenvalue weighted by Gasteiger charge is 2.34. The van der Waals surface area contributed by atoms with Gasteiger partial charge in [-0.3, -0.25) is 10.1 Å². The van der Waals surface area contributed by atoms with Crippen molar-refractivity contribution in [2.24, 2.45) is 0 Å². The molecule has 4 heterocycles. The van der Waals surface area contributed by atoms with Crippen LogP contribution in [0.15, 0.2) is 30.7 Å². The highest BCUT2D eigenvalue weighted by Crippen LogP contribution is 2.43. The zero-order valence-electron chi connectivity index (χ0n) is 17.4. The van der Waals surface area contributed by atoms with Gasteiger partial charge in [-0.15, -0.1) is 0 Å². The lowest BCUT2D eigenvalue weighted by molar-refractivity contribution is 0.0473. The molecule has 7 nitrogen and oxygen atoms in total. The first-order valence-electron chi connectivity index (χ1n) is 10.4. The summed E-state index contributed by atoms with van der Waals surface area (Å²) in [5, 5.41) is 19.9. The highest BCUT2D eigenvalue weighted by molar-refractivity contribution is 5.94. The van der Waals surface area contributed by atoms with Gasteiger partial charge in [-0.05, 0) is 32.4 Å². The van der Waals surface area contributed by atoms with Gasteiger partial charge in [-0.1, -0.05) is 19.8 Å². The molecule has 1 aliphatic rings. The van der Waals surface area contributed by atoms with E-state index in [9.17, 15) is 5.11 Å². The number of morpholine rings is 1. The Labute approximate surface area is 171 Å². The molecule has 1 saturated heterocycles. The molecule has 0 spiro atoms. The molecule has 0 aromatic carbocycles. The Balaban J connectivity index is 2.03. The number of anilines is 1. The van der Waals surface area contributed by atoms with Crippen molar-refractivity contribution in [2.75, 3.05) is 24.7 Å². The minimum absolute atomic E-state index is 0.181. The monoisotopic (exact) mass is 395 g/mol. The van der Waals surface area contributed by atoms with Gasteiger partial charge in [0.25, 0.3) is 0 Å². The van der Waals surface area contributed by atoms with E-state index in [-0.39, 0.29) is 6.04 Å². The molecule has 0 saturated carbocycles. The number of hydrogen-bond donors (Lipinski definition) is 2. The number of hydrogen-bond acceptors (Lipinski definition) is 6. The van der Waals surface area contributed by atoms with Crippen LogP contribution in [0.5, 0.6) is 0 Å². The maximum atomic E-state index is 11.7. The Morgan fingerprint density at radius 2 is 2.21 bits per heavy atom. The molecule has 29 heavy (non-hydrogen) atoms. The number of nitrogens with zero attached hydrogens (tertiary/aromatic N) is 4. The van der Waals surface area contributed by atoms with Gasteiger partial charge in [0.15, 0.2) is 0 Å². The van der Waals surface area contributed by atoms with Crippen molar-refractivity contribution in [3.63, 3.8) is 0 Å². The number of unbranched alkanes of at least 4 members (excludes halogenated alkanes) is 1. The molecule has 0 bridgehead atoms. The summed E-state index contributed by atoms with van der Waals surface area (Å²) in [4.78, 5) is 11.6. The van der Waals surface area contributed by atoms with Crippen LogP contribution in [0.2, 0.25) is 0 Å². The minimum atomic E-state index is -1.01. The van der Waals surface area contributed by atoms with Crippen LogP contribution >= 0.6 is 0 Å². The first kappa shape index (κ1) is 19.8. The van der Waals surface area contributed by atoms with Crippen LogP contribution < -0.4 is 4.90 Å². The van der Waals surface area contributed by atoms with E-state index >= 15 is 0 Å². The lowest BCUT2D eigenvalue weighted by Crippen LogP contribution is -2.44. The summed E-state index contributed by atoms with van der Waals surface area (Å²) < 4.78 is 5.65. The molecule has 0 amide bonds. The molecule has 7 heteroatoms. The maximum absolute atomic E-state index is 11.7.